The van der Waals surface area contributed by atoms with Crippen LogP contribution >= 0.6 is 0 Å². The standard InChI is InChI=1S/C11H16N2O3/c1-2-3-13-8-9(7-12-13)10(14)6-11-15-4-5-16-11/h7-8,11H,2-6H2,1H3. The molecule has 0 saturated carbocycles. The molecule has 88 valence electrons. The van der Waals surface area contributed by atoms with Crippen molar-refractivity contribution in [3.05, 3.63) is 18.0 Å². The molecule has 0 N–H and O–H groups in total. The molecular weight excluding hydrogens is 208 g/mol. The summed E-state index contributed by atoms with van der Waals surface area (Å²) in [6, 6.07) is 0. The summed E-state index contributed by atoms with van der Waals surface area (Å²) in [7, 11) is 0. The molecule has 5 nitrogen and oxygen atoms in total. The molecular formula is C11H16N2O3. The van der Waals surface area contributed by atoms with Gasteiger partial charge in [0.05, 0.1) is 31.4 Å². The maximum Gasteiger partial charge on any atom is 0.171 e. The van der Waals surface area contributed by atoms with Crippen LogP contribution in [0.3, 0.4) is 0 Å². The minimum atomic E-state index is -0.373. The number of carbonyl (C=O) groups is 1. The zero-order valence-corrected chi connectivity index (χ0v) is 9.39. The Bertz CT molecular complexity index is 356. The van der Waals surface area contributed by atoms with Crippen molar-refractivity contribution in [2.75, 3.05) is 13.2 Å². The molecule has 5 heteroatoms. The average Bonchev–Trinajstić information content (AvgIpc) is 2.89. The lowest BCUT2D eigenvalue weighted by atomic mass is 10.2. The lowest BCUT2D eigenvalue weighted by Crippen LogP contribution is -2.14. The van der Waals surface area contributed by atoms with E-state index in [1.807, 2.05) is 0 Å². The van der Waals surface area contributed by atoms with Gasteiger partial charge < -0.3 is 9.47 Å². The van der Waals surface area contributed by atoms with Crippen molar-refractivity contribution >= 4 is 5.78 Å². The van der Waals surface area contributed by atoms with Gasteiger partial charge in [-0.3, -0.25) is 9.48 Å². The smallest absolute Gasteiger partial charge is 0.171 e. The first-order valence-corrected chi connectivity index (χ1v) is 5.58. The van der Waals surface area contributed by atoms with Crippen LogP contribution in [0.1, 0.15) is 30.1 Å². The molecule has 16 heavy (non-hydrogen) atoms. The molecule has 0 bridgehead atoms. The molecule has 0 atom stereocenters. The predicted molar refractivity (Wildman–Crippen MR) is 57.2 cm³/mol. The summed E-state index contributed by atoms with van der Waals surface area (Å²) in [5, 5.41) is 4.12. The van der Waals surface area contributed by atoms with Crippen molar-refractivity contribution in [1.82, 2.24) is 9.78 Å². The molecule has 0 aliphatic carbocycles. The van der Waals surface area contributed by atoms with E-state index in [-0.39, 0.29) is 18.5 Å². The Morgan fingerprint density at radius 3 is 3.00 bits per heavy atom. The van der Waals surface area contributed by atoms with Gasteiger partial charge >= 0.3 is 0 Å². The van der Waals surface area contributed by atoms with Crippen molar-refractivity contribution < 1.29 is 14.3 Å². The number of nitrogens with zero attached hydrogens (tertiary/aromatic N) is 2. The van der Waals surface area contributed by atoms with Crippen LogP contribution in [-0.4, -0.2) is 35.1 Å². The lowest BCUT2D eigenvalue weighted by Gasteiger charge is -2.05. The largest absolute Gasteiger partial charge is 0.350 e. The van der Waals surface area contributed by atoms with Crippen molar-refractivity contribution in [3.8, 4) is 0 Å². The molecule has 1 aromatic rings. The molecule has 2 heterocycles. The summed E-state index contributed by atoms with van der Waals surface area (Å²) in [4.78, 5) is 11.8. The summed E-state index contributed by atoms with van der Waals surface area (Å²) in [5.74, 6) is 0.0225. The van der Waals surface area contributed by atoms with Crippen molar-refractivity contribution in [2.24, 2.45) is 0 Å². The van der Waals surface area contributed by atoms with E-state index in [0.717, 1.165) is 13.0 Å². The fraction of sp³-hybridized carbons (Fsp3) is 0.636. The molecule has 0 spiro atoms. The number of Topliss-reactive ketones (excluding diaryl/α,β-unsaturated/α-hetero) is 1. The van der Waals surface area contributed by atoms with Gasteiger partial charge in [-0.25, -0.2) is 0 Å². The Morgan fingerprint density at radius 2 is 2.31 bits per heavy atom. The zero-order chi connectivity index (χ0) is 11.4. The van der Waals surface area contributed by atoms with Crippen LogP contribution in [0, 0.1) is 0 Å². The van der Waals surface area contributed by atoms with E-state index in [0.29, 0.717) is 18.8 Å². The van der Waals surface area contributed by atoms with E-state index >= 15 is 0 Å². The summed E-state index contributed by atoms with van der Waals surface area (Å²) in [6.45, 7) is 4.06. The van der Waals surface area contributed by atoms with Crippen LogP contribution in [0.2, 0.25) is 0 Å². The molecule has 1 fully saturated rings. The number of carbonyl (C=O) groups excluding carboxylic acids is 1. The third-order valence-electron chi connectivity index (χ3n) is 2.45. The van der Waals surface area contributed by atoms with Crippen molar-refractivity contribution in [2.45, 2.75) is 32.6 Å². The fourth-order valence-corrected chi connectivity index (χ4v) is 1.65. The van der Waals surface area contributed by atoms with Gasteiger partial charge in [0, 0.05) is 12.7 Å². The Labute approximate surface area is 94.3 Å². The Morgan fingerprint density at radius 1 is 1.56 bits per heavy atom. The summed E-state index contributed by atoms with van der Waals surface area (Å²) >= 11 is 0. The second kappa shape index (κ2) is 5.23. The van der Waals surface area contributed by atoms with E-state index in [1.165, 1.54) is 0 Å². The highest BCUT2D eigenvalue weighted by Crippen LogP contribution is 2.12. The van der Waals surface area contributed by atoms with Gasteiger partial charge in [-0.2, -0.15) is 5.10 Å². The van der Waals surface area contributed by atoms with E-state index in [1.54, 1.807) is 17.1 Å². The summed E-state index contributed by atoms with van der Waals surface area (Å²) < 4.78 is 12.2. The van der Waals surface area contributed by atoms with Gasteiger partial charge in [0.25, 0.3) is 0 Å². The highest BCUT2D eigenvalue weighted by atomic mass is 16.7. The third-order valence-corrected chi connectivity index (χ3v) is 2.45. The summed E-state index contributed by atoms with van der Waals surface area (Å²) in [5.41, 5.74) is 0.632. The maximum absolute atomic E-state index is 11.8. The van der Waals surface area contributed by atoms with Gasteiger partial charge in [0.1, 0.15) is 0 Å². The normalized spacial score (nSPS) is 16.8. The van der Waals surface area contributed by atoms with E-state index in [4.69, 9.17) is 9.47 Å². The topological polar surface area (TPSA) is 53.4 Å². The molecule has 0 radical (unpaired) electrons. The Balaban J connectivity index is 1.91. The molecule has 1 saturated heterocycles. The highest BCUT2D eigenvalue weighted by Gasteiger charge is 2.21. The SMILES string of the molecule is CCCn1cc(C(=O)CC2OCCO2)cn1. The monoisotopic (exact) mass is 224 g/mol. The van der Waals surface area contributed by atoms with E-state index < -0.39 is 0 Å². The first-order valence-electron chi connectivity index (χ1n) is 5.58. The molecule has 1 aliphatic rings. The quantitative estimate of drug-likeness (QED) is 0.706. The molecule has 0 amide bonds. The summed E-state index contributed by atoms with van der Waals surface area (Å²) in [6.07, 6.45) is 4.29. The van der Waals surface area contributed by atoms with Gasteiger partial charge in [-0.1, -0.05) is 6.92 Å². The minimum Gasteiger partial charge on any atom is -0.350 e. The zero-order valence-electron chi connectivity index (χ0n) is 9.39. The molecule has 1 aromatic heterocycles. The van der Waals surface area contributed by atoms with Gasteiger partial charge in [-0.05, 0) is 6.42 Å². The van der Waals surface area contributed by atoms with E-state index in [2.05, 4.69) is 12.0 Å². The first kappa shape index (κ1) is 11.3. The van der Waals surface area contributed by atoms with Crippen LogP contribution in [-0.2, 0) is 16.0 Å². The number of hydrogen-bond acceptors (Lipinski definition) is 4. The first-order chi connectivity index (χ1) is 7.79. The predicted octanol–water partition coefficient (Wildman–Crippen LogP) is 1.24. The van der Waals surface area contributed by atoms with Crippen molar-refractivity contribution in [3.63, 3.8) is 0 Å². The van der Waals surface area contributed by atoms with Crippen LogP contribution < -0.4 is 0 Å². The number of ether oxygens (including phenoxy) is 2. The minimum absolute atomic E-state index is 0.0225. The number of rotatable bonds is 5. The average molecular weight is 224 g/mol. The second-order valence-corrected chi connectivity index (χ2v) is 3.79. The Hall–Kier alpha value is -1.20. The molecule has 0 unspecified atom stereocenters. The van der Waals surface area contributed by atoms with Crippen LogP contribution in [0.15, 0.2) is 12.4 Å². The molecule has 2 rings (SSSR count). The molecule has 1 aliphatic heterocycles. The highest BCUT2D eigenvalue weighted by molar-refractivity contribution is 5.95. The Kier molecular flexibility index (Phi) is 3.69. The number of aryl methyl sites for hydroxylation is 1. The second-order valence-electron chi connectivity index (χ2n) is 3.79. The fourth-order valence-electron chi connectivity index (χ4n) is 1.65. The lowest BCUT2D eigenvalue weighted by molar-refractivity contribution is -0.0407. The molecule has 0 aromatic carbocycles. The van der Waals surface area contributed by atoms with Crippen molar-refractivity contribution in [1.29, 1.82) is 0 Å². The van der Waals surface area contributed by atoms with Gasteiger partial charge in [0.15, 0.2) is 12.1 Å². The number of hydrogen-bond donors (Lipinski definition) is 0. The number of ketones is 1. The number of aromatic nitrogens is 2. The van der Waals surface area contributed by atoms with E-state index in [9.17, 15) is 4.79 Å². The third kappa shape index (κ3) is 2.68. The van der Waals surface area contributed by atoms with Crippen LogP contribution in [0.4, 0.5) is 0 Å². The van der Waals surface area contributed by atoms with Gasteiger partial charge in [0.2, 0.25) is 0 Å². The van der Waals surface area contributed by atoms with Crippen LogP contribution in [0.25, 0.3) is 0 Å². The maximum atomic E-state index is 11.8. The van der Waals surface area contributed by atoms with Gasteiger partial charge in [-0.15, -0.1) is 0 Å². The van der Waals surface area contributed by atoms with Crippen LogP contribution in [0.5, 0.6) is 0 Å².